The molecule has 0 aliphatic heterocycles. The SMILES string of the molecule is CC(CNC(=O)Cc1ccc2ccccc2c1)C(=O)O. The van der Waals surface area contributed by atoms with Crippen molar-refractivity contribution in [2.45, 2.75) is 13.3 Å². The molecule has 1 unspecified atom stereocenters. The smallest absolute Gasteiger partial charge is 0.308 e. The Hall–Kier alpha value is -2.36. The molecule has 2 rings (SSSR count). The molecule has 0 bridgehead atoms. The van der Waals surface area contributed by atoms with Gasteiger partial charge in [-0.3, -0.25) is 9.59 Å². The van der Waals surface area contributed by atoms with E-state index in [0.29, 0.717) is 0 Å². The van der Waals surface area contributed by atoms with Crippen molar-refractivity contribution >= 4 is 22.6 Å². The Morgan fingerprint density at radius 3 is 2.55 bits per heavy atom. The van der Waals surface area contributed by atoms with Crippen molar-refractivity contribution in [1.82, 2.24) is 5.32 Å². The van der Waals surface area contributed by atoms with Crippen LogP contribution in [0.3, 0.4) is 0 Å². The maximum absolute atomic E-state index is 11.8. The first-order valence-electron chi connectivity index (χ1n) is 6.53. The fourth-order valence-corrected chi connectivity index (χ4v) is 1.95. The summed E-state index contributed by atoms with van der Waals surface area (Å²) in [5.41, 5.74) is 0.921. The first-order chi connectivity index (χ1) is 9.56. The third kappa shape index (κ3) is 3.57. The Balaban J connectivity index is 1.97. The fourth-order valence-electron chi connectivity index (χ4n) is 1.95. The molecule has 4 heteroatoms. The molecule has 0 saturated carbocycles. The highest BCUT2D eigenvalue weighted by molar-refractivity contribution is 5.85. The predicted molar refractivity (Wildman–Crippen MR) is 77.5 cm³/mol. The Kier molecular flexibility index (Phi) is 4.35. The minimum absolute atomic E-state index is 0.155. The van der Waals surface area contributed by atoms with Gasteiger partial charge in [-0.05, 0) is 16.3 Å². The molecule has 0 aliphatic rings. The number of benzene rings is 2. The molecule has 0 heterocycles. The molecule has 20 heavy (non-hydrogen) atoms. The molecule has 0 radical (unpaired) electrons. The zero-order valence-corrected chi connectivity index (χ0v) is 11.3. The third-order valence-electron chi connectivity index (χ3n) is 3.21. The highest BCUT2D eigenvalue weighted by atomic mass is 16.4. The van der Waals surface area contributed by atoms with Gasteiger partial charge in [-0.15, -0.1) is 0 Å². The van der Waals surface area contributed by atoms with Crippen LogP contribution in [0.25, 0.3) is 10.8 Å². The van der Waals surface area contributed by atoms with Crippen LogP contribution in [0.5, 0.6) is 0 Å². The molecule has 0 aromatic heterocycles. The van der Waals surface area contributed by atoms with Crippen LogP contribution >= 0.6 is 0 Å². The Morgan fingerprint density at radius 1 is 1.15 bits per heavy atom. The summed E-state index contributed by atoms with van der Waals surface area (Å²) >= 11 is 0. The number of carboxylic acid groups (broad SMARTS) is 1. The summed E-state index contributed by atoms with van der Waals surface area (Å²) in [5, 5.41) is 13.6. The maximum Gasteiger partial charge on any atom is 0.308 e. The highest BCUT2D eigenvalue weighted by Crippen LogP contribution is 2.15. The van der Waals surface area contributed by atoms with E-state index in [4.69, 9.17) is 5.11 Å². The summed E-state index contributed by atoms with van der Waals surface area (Å²) in [4.78, 5) is 22.4. The normalized spacial score (nSPS) is 12.1. The largest absolute Gasteiger partial charge is 0.481 e. The van der Waals surface area contributed by atoms with Gasteiger partial charge in [0.2, 0.25) is 5.91 Å². The first kappa shape index (κ1) is 14.1. The number of hydrogen-bond donors (Lipinski definition) is 2. The molecular formula is C16H17NO3. The molecule has 4 nitrogen and oxygen atoms in total. The van der Waals surface area contributed by atoms with Gasteiger partial charge in [-0.1, -0.05) is 49.4 Å². The number of aliphatic carboxylic acids is 1. The Morgan fingerprint density at radius 2 is 1.85 bits per heavy atom. The number of carboxylic acids is 1. The molecule has 2 aromatic rings. The number of rotatable bonds is 5. The second-order valence-electron chi connectivity index (χ2n) is 4.90. The topological polar surface area (TPSA) is 66.4 Å². The molecule has 1 amide bonds. The van der Waals surface area contributed by atoms with Crippen LogP contribution < -0.4 is 5.32 Å². The van der Waals surface area contributed by atoms with Crippen LogP contribution in [-0.2, 0) is 16.0 Å². The van der Waals surface area contributed by atoms with Crippen LogP contribution in [0.15, 0.2) is 42.5 Å². The first-order valence-corrected chi connectivity index (χ1v) is 6.53. The zero-order chi connectivity index (χ0) is 14.5. The maximum atomic E-state index is 11.8. The number of carbonyl (C=O) groups is 2. The minimum atomic E-state index is -0.906. The second kappa shape index (κ2) is 6.19. The van der Waals surface area contributed by atoms with Crippen molar-refractivity contribution in [3.05, 3.63) is 48.0 Å². The van der Waals surface area contributed by atoms with E-state index >= 15 is 0 Å². The van der Waals surface area contributed by atoms with Crippen LogP contribution in [0.2, 0.25) is 0 Å². The van der Waals surface area contributed by atoms with Crippen molar-refractivity contribution in [1.29, 1.82) is 0 Å². The predicted octanol–water partition coefficient (Wildman–Crippen LogP) is 2.22. The van der Waals surface area contributed by atoms with Gasteiger partial charge < -0.3 is 10.4 Å². The average Bonchev–Trinajstić information content (AvgIpc) is 2.44. The van der Waals surface area contributed by atoms with Gasteiger partial charge in [0.05, 0.1) is 12.3 Å². The van der Waals surface area contributed by atoms with Crippen molar-refractivity contribution in [2.24, 2.45) is 5.92 Å². The van der Waals surface area contributed by atoms with Crippen LogP contribution in [0.1, 0.15) is 12.5 Å². The van der Waals surface area contributed by atoms with Gasteiger partial charge in [-0.25, -0.2) is 0 Å². The molecule has 0 fully saturated rings. The van der Waals surface area contributed by atoms with E-state index in [-0.39, 0.29) is 18.9 Å². The molecule has 2 aromatic carbocycles. The molecule has 0 saturated heterocycles. The molecule has 104 valence electrons. The summed E-state index contributed by atoms with van der Waals surface area (Å²) in [7, 11) is 0. The molecular weight excluding hydrogens is 254 g/mol. The van der Waals surface area contributed by atoms with E-state index in [1.54, 1.807) is 6.92 Å². The van der Waals surface area contributed by atoms with E-state index in [1.807, 2.05) is 42.5 Å². The lowest BCUT2D eigenvalue weighted by Gasteiger charge is -2.09. The molecule has 0 aliphatic carbocycles. The summed E-state index contributed by atoms with van der Waals surface area (Å²) in [6, 6.07) is 13.8. The zero-order valence-electron chi connectivity index (χ0n) is 11.3. The van der Waals surface area contributed by atoms with E-state index in [0.717, 1.165) is 16.3 Å². The van der Waals surface area contributed by atoms with Crippen molar-refractivity contribution in [3.63, 3.8) is 0 Å². The van der Waals surface area contributed by atoms with Crippen LogP contribution in [-0.4, -0.2) is 23.5 Å². The number of hydrogen-bond acceptors (Lipinski definition) is 2. The molecule has 1 atom stereocenters. The number of amides is 1. The number of fused-ring (bicyclic) bond motifs is 1. The lowest BCUT2D eigenvalue weighted by molar-refractivity contribution is -0.141. The van der Waals surface area contributed by atoms with Crippen LogP contribution in [0.4, 0.5) is 0 Å². The van der Waals surface area contributed by atoms with Crippen molar-refractivity contribution in [2.75, 3.05) is 6.54 Å². The summed E-state index contributed by atoms with van der Waals surface area (Å²) in [5.74, 6) is -1.64. The van der Waals surface area contributed by atoms with Gasteiger partial charge in [0.1, 0.15) is 0 Å². The Bertz CT molecular complexity index is 636. The average molecular weight is 271 g/mol. The standard InChI is InChI=1S/C16H17NO3/c1-11(16(19)20)10-17-15(18)9-12-6-7-13-4-2-3-5-14(13)8-12/h2-8,11H,9-10H2,1H3,(H,17,18)(H,19,20). The summed E-state index contributed by atoms with van der Waals surface area (Å²) in [6.45, 7) is 1.72. The Labute approximate surface area is 117 Å². The number of nitrogens with one attached hydrogen (secondary N) is 1. The third-order valence-corrected chi connectivity index (χ3v) is 3.21. The quantitative estimate of drug-likeness (QED) is 0.876. The van der Waals surface area contributed by atoms with Crippen LogP contribution in [0, 0.1) is 5.92 Å². The summed E-state index contributed by atoms with van der Waals surface area (Å²) < 4.78 is 0. The van der Waals surface area contributed by atoms with Gasteiger partial charge in [0.15, 0.2) is 0 Å². The molecule has 0 spiro atoms. The van der Waals surface area contributed by atoms with Gasteiger partial charge in [-0.2, -0.15) is 0 Å². The lowest BCUT2D eigenvalue weighted by atomic mass is 10.0. The molecule has 2 N–H and O–H groups in total. The van der Waals surface area contributed by atoms with Crippen molar-refractivity contribution < 1.29 is 14.7 Å². The van der Waals surface area contributed by atoms with Gasteiger partial charge >= 0.3 is 5.97 Å². The van der Waals surface area contributed by atoms with Gasteiger partial charge in [0, 0.05) is 6.54 Å². The number of carbonyl (C=O) groups excluding carboxylic acids is 1. The second-order valence-corrected chi connectivity index (χ2v) is 4.90. The van der Waals surface area contributed by atoms with Gasteiger partial charge in [0.25, 0.3) is 0 Å². The lowest BCUT2D eigenvalue weighted by Crippen LogP contribution is -2.32. The van der Waals surface area contributed by atoms with Crippen molar-refractivity contribution in [3.8, 4) is 0 Å². The van der Waals surface area contributed by atoms with E-state index in [9.17, 15) is 9.59 Å². The highest BCUT2D eigenvalue weighted by Gasteiger charge is 2.12. The van der Waals surface area contributed by atoms with E-state index < -0.39 is 11.9 Å². The van der Waals surface area contributed by atoms with E-state index in [1.165, 1.54) is 0 Å². The van der Waals surface area contributed by atoms with E-state index in [2.05, 4.69) is 5.32 Å². The minimum Gasteiger partial charge on any atom is -0.481 e. The monoisotopic (exact) mass is 271 g/mol. The summed E-state index contributed by atoms with van der Waals surface area (Å²) in [6.07, 6.45) is 0.261. The fraction of sp³-hybridized carbons (Fsp3) is 0.250.